The van der Waals surface area contributed by atoms with Gasteiger partial charge in [-0.25, -0.2) is 4.90 Å². The average Bonchev–Trinajstić information content (AvgIpc) is 3.11. The third-order valence-electron chi connectivity index (χ3n) is 5.09. The number of allylic oxidation sites excluding steroid dienone is 4. The van der Waals surface area contributed by atoms with E-state index in [0.717, 1.165) is 4.47 Å². The summed E-state index contributed by atoms with van der Waals surface area (Å²) >= 11 is 3.45. The van der Waals surface area contributed by atoms with Crippen molar-refractivity contribution in [2.45, 2.75) is 13.8 Å². The highest BCUT2D eigenvalue weighted by atomic mass is 79.9. The van der Waals surface area contributed by atoms with Gasteiger partial charge in [0.1, 0.15) is 0 Å². The van der Waals surface area contributed by atoms with Gasteiger partial charge >= 0.3 is 0 Å². The van der Waals surface area contributed by atoms with Crippen LogP contribution in [0.4, 0.5) is 5.69 Å². The number of para-hydroxylation sites is 1. The minimum absolute atomic E-state index is 0.0579. The van der Waals surface area contributed by atoms with E-state index in [-0.39, 0.29) is 35.5 Å². The molecule has 4 atom stereocenters. The van der Waals surface area contributed by atoms with Crippen molar-refractivity contribution in [1.29, 1.82) is 0 Å². The lowest BCUT2D eigenvalue weighted by molar-refractivity contribution is -0.122. The standard InChI is InChI=1S/C18H16BrNO2/c1-9(2)14-10-7-8-11(14)16-15(10)17(21)20(18(16)22)13-6-4-3-5-12(13)19/h3-8,10-11,15-16H,1-2H3/t10-,11-,15-,16-/m0/s1. The first-order valence-corrected chi connectivity index (χ1v) is 8.29. The van der Waals surface area contributed by atoms with Gasteiger partial charge in [-0.2, -0.15) is 0 Å². The molecule has 1 aromatic carbocycles. The van der Waals surface area contributed by atoms with E-state index in [4.69, 9.17) is 0 Å². The van der Waals surface area contributed by atoms with Crippen molar-refractivity contribution in [2.24, 2.45) is 23.7 Å². The molecule has 4 rings (SSSR count). The molecular formula is C18H16BrNO2. The Morgan fingerprint density at radius 3 is 2.05 bits per heavy atom. The number of hydrogen-bond acceptors (Lipinski definition) is 2. The summed E-state index contributed by atoms with van der Waals surface area (Å²) in [5.74, 6) is -0.359. The minimum Gasteiger partial charge on any atom is -0.274 e. The summed E-state index contributed by atoms with van der Waals surface area (Å²) in [5, 5.41) is 0. The lowest BCUT2D eigenvalue weighted by atomic mass is 9.85. The van der Waals surface area contributed by atoms with Gasteiger partial charge < -0.3 is 0 Å². The number of halogens is 1. The Labute approximate surface area is 137 Å². The normalized spacial score (nSPS) is 32.1. The number of anilines is 1. The fraction of sp³-hybridized carbons (Fsp3) is 0.333. The van der Waals surface area contributed by atoms with Crippen LogP contribution in [0, 0.1) is 23.7 Å². The quantitative estimate of drug-likeness (QED) is 0.567. The van der Waals surface area contributed by atoms with Crippen LogP contribution in [-0.4, -0.2) is 11.8 Å². The zero-order valence-electron chi connectivity index (χ0n) is 12.4. The fourth-order valence-corrected chi connectivity index (χ4v) is 4.76. The lowest BCUT2D eigenvalue weighted by Crippen LogP contribution is -2.33. The van der Waals surface area contributed by atoms with Crippen LogP contribution in [0.2, 0.25) is 0 Å². The average molecular weight is 358 g/mol. The second-order valence-electron chi connectivity index (χ2n) is 6.41. The van der Waals surface area contributed by atoms with E-state index in [9.17, 15) is 9.59 Å². The molecule has 1 heterocycles. The van der Waals surface area contributed by atoms with Gasteiger partial charge in [-0.3, -0.25) is 9.59 Å². The summed E-state index contributed by atoms with van der Waals surface area (Å²) in [6.07, 6.45) is 4.23. The molecule has 22 heavy (non-hydrogen) atoms. The molecule has 0 N–H and O–H groups in total. The highest BCUT2D eigenvalue weighted by Crippen LogP contribution is 2.57. The predicted octanol–water partition coefficient (Wildman–Crippen LogP) is 3.71. The number of rotatable bonds is 1. The molecule has 2 aliphatic carbocycles. The molecule has 2 fully saturated rings. The van der Waals surface area contributed by atoms with Crippen molar-refractivity contribution >= 4 is 33.4 Å². The summed E-state index contributed by atoms with van der Waals surface area (Å²) in [6, 6.07) is 7.41. The third kappa shape index (κ3) is 1.62. The topological polar surface area (TPSA) is 37.4 Å². The van der Waals surface area contributed by atoms with Gasteiger partial charge in [0, 0.05) is 16.3 Å². The van der Waals surface area contributed by atoms with Crippen LogP contribution in [0.3, 0.4) is 0 Å². The molecule has 0 spiro atoms. The number of amides is 2. The summed E-state index contributed by atoms with van der Waals surface area (Å²) in [6.45, 7) is 4.15. The molecule has 0 unspecified atom stereocenters. The molecule has 0 radical (unpaired) electrons. The lowest BCUT2D eigenvalue weighted by Gasteiger charge is -2.20. The highest BCUT2D eigenvalue weighted by molar-refractivity contribution is 9.10. The van der Waals surface area contributed by atoms with Crippen LogP contribution in [0.15, 0.2) is 52.0 Å². The minimum atomic E-state index is -0.223. The molecule has 3 nitrogen and oxygen atoms in total. The van der Waals surface area contributed by atoms with E-state index in [1.165, 1.54) is 16.0 Å². The molecule has 2 amide bonds. The van der Waals surface area contributed by atoms with Crippen LogP contribution >= 0.6 is 15.9 Å². The number of fused-ring (bicyclic) bond motifs is 5. The Morgan fingerprint density at radius 2 is 1.55 bits per heavy atom. The zero-order chi connectivity index (χ0) is 15.6. The third-order valence-corrected chi connectivity index (χ3v) is 5.76. The molecule has 3 aliphatic rings. The highest BCUT2D eigenvalue weighted by Gasteiger charge is 2.62. The van der Waals surface area contributed by atoms with Crippen LogP contribution < -0.4 is 4.90 Å². The first-order chi connectivity index (χ1) is 10.5. The first kappa shape index (κ1) is 13.9. The van der Waals surface area contributed by atoms with Crippen molar-refractivity contribution in [3.8, 4) is 0 Å². The van der Waals surface area contributed by atoms with E-state index in [2.05, 4.69) is 41.9 Å². The van der Waals surface area contributed by atoms with Crippen molar-refractivity contribution in [3.05, 3.63) is 52.0 Å². The first-order valence-electron chi connectivity index (χ1n) is 7.50. The van der Waals surface area contributed by atoms with Crippen LogP contribution in [-0.2, 0) is 9.59 Å². The number of nitrogens with zero attached hydrogens (tertiary/aromatic N) is 1. The predicted molar refractivity (Wildman–Crippen MR) is 88.1 cm³/mol. The molecule has 4 heteroatoms. The molecular weight excluding hydrogens is 342 g/mol. The maximum atomic E-state index is 12.9. The smallest absolute Gasteiger partial charge is 0.238 e. The second-order valence-corrected chi connectivity index (χ2v) is 7.26. The maximum absolute atomic E-state index is 12.9. The van der Waals surface area contributed by atoms with Crippen LogP contribution in [0.25, 0.3) is 0 Å². The molecule has 1 saturated heterocycles. The van der Waals surface area contributed by atoms with E-state index in [0.29, 0.717) is 5.69 Å². The van der Waals surface area contributed by atoms with E-state index in [1.807, 2.05) is 24.3 Å². The van der Waals surface area contributed by atoms with Gasteiger partial charge in [-0.15, -0.1) is 0 Å². The largest absolute Gasteiger partial charge is 0.274 e. The molecule has 1 aliphatic heterocycles. The van der Waals surface area contributed by atoms with Gasteiger partial charge in [0.15, 0.2) is 0 Å². The number of carbonyl (C=O) groups excluding carboxylic acids is 2. The number of hydrogen-bond donors (Lipinski definition) is 0. The maximum Gasteiger partial charge on any atom is 0.238 e. The Morgan fingerprint density at radius 1 is 1.00 bits per heavy atom. The zero-order valence-corrected chi connectivity index (χ0v) is 14.0. The summed E-state index contributed by atoms with van der Waals surface area (Å²) in [4.78, 5) is 27.3. The van der Waals surface area contributed by atoms with Gasteiger partial charge in [-0.05, 0) is 41.9 Å². The molecule has 112 valence electrons. The Kier molecular flexibility index (Phi) is 2.95. The summed E-state index contributed by atoms with van der Waals surface area (Å²) in [7, 11) is 0. The van der Waals surface area contributed by atoms with Crippen LogP contribution in [0.1, 0.15) is 13.8 Å². The second kappa shape index (κ2) is 4.66. The Hall–Kier alpha value is -1.68. The van der Waals surface area contributed by atoms with Crippen molar-refractivity contribution in [1.82, 2.24) is 0 Å². The monoisotopic (exact) mass is 357 g/mol. The van der Waals surface area contributed by atoms with Crippen molar-refractivity contribution < 1.29 is 9.59 Å². The van der Waals surface area contributed by atoms with Gasteiger partial charge in [0.05, 0.1) is 17.5 Å². The fourth-order valence-electron chi connectivity index (χ4n) is 4.30. The van der Waals surface area contributed by atoms with E-state index in [1.54, 1.807) is 0 Å². The Bertz CT molecular complexity index is 726. The van der Waals surface area contributed by atoms with Crippen molar-refractivity contribution in [3.63, 3.8) is 0 Å². The Balaban J connectivity index is 1.80. The molecule has 1 saturated carbocycles. The van der Waals surface area contributed by atoms with E-state index < -0.39 is 0 Å². The van der Waals surface area contributed by atoms with Gasteiger partial charge in [-0.1, -0.05) is 35.4 Å². The molecule has 2 bridgehead atoms. The number of imide groups is 1. The van der Waals surface area contributed by atoms with E-state index >= 15 is 0 Å². The van der Waals surface area contributed by atoms with Gasteiger partial charge in [0.2, 0.25) is 11.8 Å². The molecule has 0 aromatic heterocycles. The summed E-state index contributed by atoms with van der Waals surface area (Å²) in [5.41, 5.74) is 3.18. The van der Waals surface area contributed by atoms with Crippen molar-refractivity contribution in [2.75, 3.05) is 4.90 Å². The van der Waals surface area contributed by atoms with Gasteiger partial charge in [0.25, 0.3) is 0 Å². The number of carbonyl (C=O) groups is 2. The van der Waals surface area contributed by atoms with Crippen LogP contribution in [0.5, 0.6) is 0 Å². The summed E-state index contributed by atoms with van der Waals surface area (Å²) < 4.78 is 0.777. The number of benzene rings is 1. The molecule has 1 aromatic rings. The SMILES string of the molecule is CC(C)=C1[C@@H]2C=C[C@@H]1[C@@H]1C(=O)N(c3ccccc3Br)C(=O)[C@H]12.